The van der Waals surface area contributed by atoms with Gasteiger partial charge in [-0.05, 0) is 29.3 Å². The second kappa shape index (κ2) is 7.57. The topological polar surface area (TPSA) is 51.2 Å². The molecule has 0 aliphatic carbocycles. The number of amides is 1. The Labute approximate surface area is 144 Å². The summed E-state index contributed by atoms with van der Waals surface area (Å²) < 4.78 is 5.10. The maximum Gasteiger partial charge on any atom is 0.250 e. The van der Waals surface area contributed by atoms with Crippen LogP contribution in [0.4, 0.5) is 5.13 Å². The van der Waals surface area contributed by atoms with E-state index in [2.05, 4.69) is 10.3 Å². The van der Waals surface area contributed by atoms with Crippen LogP contribution in [0, 0.1) is 0 Å². The number of nitrogens with zero attached hydrogens (tertiary/aromatic N) is 1. The third-order valence-electron chi connectivity index (χ3n) is 3.34. The lowest BCUT2D eigenvalue weighted by atomic mass is 10.2. The van der Waals surface area contributed by atoms with Crippen molar-refractivity contribution in [3.05, 3.63) is 72.4 Å². The Morgan fingerprint density at radius 3 is 2.58 bits per heavy atom. The number of aromatic nitrogens is 1. The largest absolute Gasteiger partial charge is 0.497 e. The molecule has 24 heavy (non-hydrogen) atoms. The summed E-state index contributed by atoms with van der Waals surface area (Å²) in [5.74, 6) is 0.576. The Balaban J connectivity index is 1.62. The Hall–Kier alpha value is -2.92. The predicted octanol–water partition coefficient (Wildman–Crippen LogP) is 4.47. The molecule has 4 nitrogen and oxygen atoms in total. The van der Waals surface area contributed by atoms with E-state index < -0.39 is 0 Å². The monoisotopic (exact) mass is 336 g/mol. The molecule has 5 heteroatoms. The molecule has 1 heterocycles. The zero-order chi connectivity index (χ0) is 16.8. The van der Waals surface area contributed by atoms with Crippen LogP contribution in [0.2, 0.25) is 0 Å². The first-order valence-corrected chi connectivity index (χ1v) is 8.20. The molecule has 3 rings (SSSR count). The van der Waals surface area contributed by atoms with E-state index in [9.17, 15) is 4.79 Å². The van der Waals surface area contributed by atoms with Gasteiger partial charge in [-0.25, -0.2) is 4.98 Å². The van der Waals surface area contributed by atoms with Crippen LogP contribution in [0.15, 0.2) is 66.9 Å². The minimum Gasteiger partial charge on any atom is -0.497 e. The van der Waals surface area contributed by atoms with Crippen molar-refractivity contribution >= 4 is 28.5 Å². The van der Waals surface area contributed by atoms with E-state index in [-0.39, 0.29) is 5.91 Å². The van der Waals surface area contributed by atoms with Crippen LogP contribution in [0.3, 0.4) is 0 Å². The second-order valence-corrected chi connectivity index (χ2v) is 6.02. The summed E-state index contributed by atoms with van der Waals surface area (Å²) in [7, 11) is 1.62. The first kappa shape index (κ1) is 16.0. The lowest BCUT2D eigenvalue weighted by Gasteiger charge is -1.99. The van der Waals surface area contributed by atoms with Crippen molar-refractivity contribution in [2.75, 3.05) is 12.4 Å². The molecule has 1 amide bonds. The highest BCUT2D eigenvalue weighted by Gasteiger charge is 2.05. The average Bonchev–Trinajstić information content (AvgIpc) is 3.09. The van der Waals surface area contributed by atoms with Gasteiger partial charge < -0.3 is 4.74 Å². The number of benzene rings is 2. The van der Waals surface area contributed by atoms with Crippen molar-refractivity contribution < 1.29 is 9.53 Å². The average molecular weight is 336 g/mol. The number of anilines is 1. The van der Waals surface area contributed by atoms with Crippen LogP contribution in [0.25, 0.3) is 16.5 Å². The summed E-state index contributed by atoms with van der Waals surface area (Å²) >= 11 is 1.45. The minimum atomic E-state index is -0.209. The summed E-state index contributed by atoms with van der Waals surface area (Å²) in [6, 6.07) is 17.4. The number of methoxy groups -OCH3 is 1. The molecule has 2 aromatic carbocycles. The van der Waals surface area contributed by atoms with Crippen molar-refractivity contribution in [2.24, 2.45) is 0 Å². The van der Waals surface area contributed by atoms with Crippen molar-refractivity contribution in [2.45, 2.75) is 0 Å². The SMILES string of the molecule is COc1ccc(/C=C/C(=O)Nc2ncc(-c3ccccc3)s2)cc1. The number of hydrogen-bond acceptors (Lipinski definition) is 4. The molecule has 0 unspecified atom stereocenters. The highest BCUT2D eigenvalue weighted by atomic mass is 32.1. The molecule has 0 atom stereocenters. The standard InChI is InChI=1S/C19H16N2O2S/c1-23-16-10-7-14(8-11-16)9-12-18(22)21-19-20-13-17(24-19)15-5-3-2-4-6-15/h2-13H,1H3,(H,20,21,22)/b12-9+. The highest BCUT2D eigenvalue weighted by Crippen LogP contribution is 2.28. The number of nitrogens with one attached hydrogen (secondary N) is 1. The van der Waals surface area contributed by atoms with E-state index in [1.165, 1.54) is 17.4 Å². The van der Waals surface area contributed by atoms with Gasteiger partial charge in [0.2, 0.25) is 5.91 Å². The predicted molar refractivity (Wildman–Crippen MR) is 98.2 cm³/mol. The number of rotatable bonds is 5. The minimum absolute atomic E-state index is 0.209. The molecule has 0 fully saturated rings. The van der Waals surface area contributed by atoms with Crippen LogP contribution in [-0.4, -0.2) is 18.0 Å². The first-order chi connectivity index (χ1) is 11.7. The molecule has 0 aliphatic heterocycles. The smallest absolute Gasteiger partial charge is 0.250 e. The van der Waals surface area contributed by atoms with E-state index in [0.717, 1.165) is 21.8 Å². The Kier molecular flexibility index (Phi) is 5.03. The molecular weight excluding hydrogens is 320 g/mol. The highest BCUT2D eigenvalue weighted by molar-refractivity contribution is 7.19. The van der Waals surface area contributed by atoms with Gasteiger partial charge in [0.15, 0.2) is 5.13 Å². The fourth-order valence-corrected chi connectivity index (χ4v) is 2.93. The molecule has 0 aliphatic rings. The maximum atomic E-state index is 12.0. The summed E-state index contributed by atoms with van der Waals surface area (Å²) in [6.07, 6.45) is 5.01. The van der Waals surface area contributed by atoms with E-state index in [0.29, 0.717) is 5.13 Å². The van der Waals surface area contributed by atoms with Gasteiger partial charge in [-0.2, -0.15) is 0 Å². The van der Waals surface area contributed by atoms with Gasteiger partial charge in [0.25, 0.3) is 0 Å². The molecule has 0 radical (unpaired) electrons. The van der Waals surface area contributed by atoms with Gasteiger partial charge in [0.1, 0.15) is 5.75 Å². The molecule has 0 bridgehead atoms. The molecule has 0 saturated carbocycles. The molecule has 0 spiro atoms. The molecular formula is C19H16N2O2S. The van der Waals surface area contributed by atoms with Gasteiger partial charge >= 0.3 is 0 Å². The third kappa shape index (κ3) is 4.08. The van der Waals surface area contributed by atoms with Crippen LogP contribution in [0.1, 0.15) is 5.56 Å². The van der Waals surface area contributed by atoms with E-state index >= 15 is 0 Å². The molecule has 3 aromatic rings. The number of carbonyl (C=O) groups is 1. The van der Waals surface area contributed by atoms with Crippen molar-refractivity contribution in [1.82, 2.24) is 4.98 Å². The molecule has 1 aromatic heterocycles. The van der Waals surface area contributed by atoms with Gasteiger partial charge in [0, 0.05) is 12.3 Å². The summed E-state index contributed by atoms with van der Waals surface area (Å²) in [5.41, 5.74) is 2.01. The fraction of sp³-hybridized carbons (Fsp3) is 0.0526. The molecule has 1 N–H and O–H groups in total. The zero-order valence-corrected chi connectivity index (χ0v) is 13.9. The van der Waals surface area contributed by atoms with Crippen LogP contribution in [-0.2, 0) is 4.79 Å². The summed E-state index contributed by atoms with van der Waals surface area (Å²) in [4.78, 5) is 17.3. The van der Waals surface area contributed by atoms with Crippen LogP contribution in [0.5, 0.6) is 5.75 Å². The van der Waals surface area contributed by atoms with Crippen LogP contribution >= 0.6 is 11.3 Å². The van der Waals surface area contributed by atoms with E-state index in [1.807, 2.05) is 54.6 Å². The zero-order valence-electron chi connectivity index (χ0n) is 13.1. The Morgan fingerprint density at radius 1 is 1.12 bits per heavy atom. The lowest BCUT2D eigenvalue weighted by Crippen LogP contribution is -2.06. The van der Waals surface area contributed by atoms with Gasteiger partial charge in [0.05, 0.1) is 12.0 Å². The van der Waals surface area contributed by atoms with Crippen LogP contribution < -0.4 is 10.1 Å². The first-order valence-electron chi connectivity index (χ1n) is 7.39. The normalized spacial score (nSPS) is 10.7. The van der Waals surface area contributed by atoms with Crippen molar-refractivity contribution in [3.8, 4) is 16.2 Å². The van der Waals surface area contributed by atoms with Crippen molar-refractivity contribution in [1.29, 1.82) is 0 Å². The second-order valence-electron chi connectivity index (χ2n) is 4.99. The van der Waals surface area contributed by atoms with Gasteiger partial charge in [-0.3, -0.25) is 10.1 Å². The Morgan fingerprint density at radius 2 is 1.88 bits per heavy atom. The lowest BCUT2D eigenvalue weighted by molar-refractivity contribution is -0.111. The quantitative estimate of drug-likeness (QED) is 0.699. The molecule has 0 saturated heterocycles. The maximum absolute atomic E-state index is 12.0. The summed E-state index contributed by atoms with van der Waals surface area (Å²) in [5, 5.41) is 3.36. The number of carbonyl (C=O) groups excluding carboxylic acids is 1. The number of ether oxygens (including phenoxy) is 1. The molecule has 120 valence electrons. The fourth-order valence-electron chi connectivity index (χ4n) is 2.10. The van der Waals surface area contributed by atoms with E-state index in [4.69, 9.17) is 4.74 Å². The summed E-state index contributed by atoms with van der Waals surface area (Å²) in [6.45, 7) is 0. The van der Waals surface area contributed by atoms with Gasteiger partial charge in [-0.1, -0.05) is 53.8 Å². The van der Waals surface area contributed by atoms with Gasteiger partial charge in [-0.15, -0.1) is 0 Å². The Bertz CT molecular complexity index is 839. The van der Waals surface area contributed by atoms with E-state index in [1.54, 1.807) is 19.4 Å². The number of hydrogen-bond donors (Lipinski definition) is 1. The van der Waals surface area contributed by atoms with Crippen molar-refractivity contribution in [3.63, 3.8) is 0 Å². The third-order valence-corrected chi connectivity index (χ3v) is 4.30. The number of thiazole rings is 1.